The van der Waals surface area contributed by atoms with Gasteiger partial charge in [-0.15, -0.1) is 0 Å². The molecule has 2 N–H and O–H groups in total. The highest BCUT2D eigenvalue weighted by Crippen LogP contribution is 2.28. The number of alkyl halides is 1. The number of nitrogens with zero attached hydrogens (tertiary/aromatic N) is 2. The summed E-state index contributed by atoms with van der Waals surface area (Å²) >= 11 is 0. The van der Waals surface area contributed by atoms with E-state index in [-0.39, 0.29) is 6.61 Å². The van der Waals surface area contributed by atoms with E-state index in [1.807, 2.05) is 24.3 Å². The lowest BCUT2D eigenvalue weighted by Gasteiger charge is -2.34. The van der Waals surface area contributed by atoms with Crippen LogP contribution >= 0.6 is 0 Å². The third kappa shape index (κ3) is 7.50. The first-order valence-electron chi connectivity index (χ1n) is 13.1. The molecule has 192 valence electrons. The van der Waals surface area contributed by atoms with Crippen LogP contribution in [0, 0.1) is 11.8 Å². The van der Waals surface area contributed by atoms with Gasteiger partial charge in [-0.1, -0.05) is 36.4 Å². The van der Waals surface area contributed by atoms with Gasteiger partial charge in [0.05, 0.1) is 6.61 Å². The predicted molar refractivity (Wildman–Crippen MR) is 138 cm³/mol. The molecule has 5 nitrogen and oxygen atoms in total. The molecule has 0 spiro atoms. The molecule has 6 heteroatoms. The van der Waals surface area contributed by atoms with Crippen molar-refractivity contribution >= 4 is 0 Å². The van der Waals surface area contributed by atoms with E-state index in [0.717, 1.165) is 74.3 Å². The van der Waals surface area contributed by atoms with E-state index < -0.39 is 11.9 Å². The number of aliphatic hydroxyl groups is 2. The fourth-order valence-electron chi connectivity index (χ4n) is 5.24. The van der Waals surface area contributed by atoms with Gasteiger partial charge >= 0.3 is 0 Å². The zero-order valence-electron chi connectivity index (χ0n) is 21.2. The quantitative estimate of drug-likeness (QED) is 0.531. The Bertz CT molecular complexity index is 897. The summed E-state index contributed by atoms with van der Waals surface area (Å²) < 4.78 is 19.9. The van der Waals surface area contributed by atoms with Crippen molar-refractivity contribution in [2.45, 2.75) is 51.4 Å². The molecule has 1 unspecified atom stereocenters. The van der Waals surface area contributed by atoms with Crippen molar-refractivity contribution in [3.8, 4) is 16.9 Å². The average Bonchev–Trinajstić information content (AvgIpc) is 2.87. The molecule has 35 heavy (non-hydrogen) atoms. The SMILES string of the molecule is CC(C)(F)CN1CCC(COc2ccc(-c3ccc(C(O)N4CCC(CO)CC4)cc3)cc2)CC1. The molecule has 2 aliphatic rings. The van der Waals surface area contributed by atoms with Gasteiger partial charge in [0.15, 0.2) is 0 Å². The van der Waals surface area contributed by atoms with Crippen LogP contribution in [0.25, 0.3) is 11.1 Å². The van der Waals surface area contributed by atoms with Gasteiger partial charge < -0.3 is 19.8 Å². The fraction of sp³-hybridized carbons (Fsp3) is 0.586. The van der Waals surface area contributed by atoms with Crippen LogP contribution in [-0.2, 0) is 0 Å². The van der Waals surface area contributed by atoms with Gasteiger partial charge in [-0.3, -0.25) is 4.90 Å². The first-order chi connectivity index (χ1) is 16.8. The Morgan fingerprint density at radius 3 is 1.97 bits per heavy atom. The number of aliphatic hydroxyl groups excluding tert-OH is 2. The van der Waals surface area contributed by atoms with Gasteiger partial charge in [0.2, 0.25) is 0 Å². The number of ether oxygens (including phenoxy) is 1. The van der Waals surface area contributed by atoms with Crippen LogP contribution in [0.15, 0.2) is 48.5 Å². The summed E-state index contributed by atoms with van der Waals surface area (Å²) in [5.41, 5.74) is 1.99. The maximum Gasteiger partial charge on any atom is 0.133 e. The maximum absolute atomic E-state index is 13.9. The molecule has 2 saturated heterocycles. The number of piperidine rings is 2. The molecular weight excluding hydrogens is 443 g/mol. The first-order valence-corrected chi connectivity index (χ1v) is 13.1. The highest BCUT2D eigenvalue weighted by Gasteiger charge is 2.26. The maximum atomic E-state index is 13.9. The van der Waals surface area contributed by atoms with Crippen LogP contribution in [0.5, 0.6) is 5.75 Å². The fourth-order valence-corrected chi connectivity index (χ4v) is 5.24. The van der Waals surface area contributed by atoms with Crippen LogP contribution in [0.1, 0.15) is 51.3 Å². The predicted octanol–water partition coefficient (Wildman–Crippen LogP) is 4.89. The van der Waals surface area contributed by atoms with Crippen molar-refractivity contribution < 1.29 is 19.3 Å². The topological polar surface area (TPSA) is 56.2 Å². The minimum atomic E-state index is -1.14. The first kappa shape index (κ1) is 26.1. The number of hydrogen-bond acceptors (Lipinski definition) is 5. The molecule has 2 heterocycles. The van der Waals surface area contributed by atoms with Crippen molar-refractivity contribution in [2.75, 3.05) is 45.9 Å². The summed E-state index contributed by atoms with van der Waals surface area (Å²) in [6.07, 6.45) is 3.35. The molecule has 2 fully saturated rings. The van der Waals surface area contributed by atoms with E-state index in [4.69, 9.17) is 4.74 Å². The summed E-state index contributed by atoms with van der Waals surface area (Å²) in [5, 5.41) is 20.1. The highest BCUT2D eigenvalue weighted by atomic mass is 19.1. The molecule has 0 radical (unpaired) electrons. The molecule has 0 bridgehead atoms. The van der Waals surface area contributed by atoms with E-state index in [2.05, 4.69) is 34.1 Å². The van der Waals surface area contributed by atoms with Crippen molar-refractivity contribution in [1.82, 2.24) is 9.80 Å². The monoisotopic (exact) mass is 484 g/mol. The second kappa shape index (κ2) is 11.8. The molecule has 0 amide bonds. The molecule has 4 rings (SSSR count). The lowest BCUT2D eigenvalue weighted by atomic mass is 9.96. The minimum absolute atomic E-state index is 0.238. The van der Waals surface area contributed by atoms with E-state index in [1.165, 1.54) is 0 Å². The molecule has 2 aromatic carbocycles. The average molecular weight is 485 g/mol. The summed E-state index contributed by atoms with van der Waals surface area (Å²) in [7, 11) is 0. The summed E-state index contributed by atoms with van der Waals surface area (Å²) in [5.74, 6) is 1.75. The summed E-state index contributed by atoms with van der Waals surface area (Å²) in [6.45, 7) is 8.23. The molecular formula is C29H41FN2O3. The Kier molecular flexibility index (Phi) is 8.82. The third-order valence-corrected chi connectivity index (χ3v) is 7.44. The van der Waals surface area contributed by atoms with Crippen LogP contribution < -0.4 is 4.74 Å². The Labute approximate surface area is 209 Å². The number of halogens is 1. The van der Waals surface area contributed by atoms with Crippen molar-refractivity contribution in [2.24, 2.45) is 11.8 Å². The van der Waals surface area contributed by atoms with Crippen molar-refractivity contribution in [3.63, 3.8) is 0 Å². The van der Waals surface area contributed by atoms with Gasteiger partial charge in [-0.05, 0) is 93.3 Å². The van der Waals surface area contributed by atoms with Crippen molar-refractivity contribution in [1.29, 1.82) is 0 Å². The van der Waals surface area contributed by atoms with Gasteiger partial charge in [-0.25, -0.2) is 4.39 Å². The van der Waals surface area contributed by atoms with E-state index in [9.17, 15) is 14.6 Å². The lowest BCUT2D eigenvalue weighted by Crippen LogP contribution is -2.41. The number of likely N-dealkylation sites (tertiary alicyclic amines) is 2. The summed E-state index contributed by atoms with van der Waals surface area (Å²) in [4.78, 5) is 4.30. The lowest BCUT2D eigenvalue weighted by molar-refractivity contribution is -0.0239. The van der Waals surface area contributed by atoms with E-state index in [0.29, 0.717) is 25.0 Å². The van der Waals surface area contributed by atoms with E-state index >= 15 is 0 Å². The Morgan fingerprint density at radius 1 is 0.886 bits per heavy atom. The molecule has 0 aromatic heterocycles. The number of benzene rings is 2. The second-order valence-electron chi connectivity index (χ2n) is 10.9. The van der Waals surface area contributed by atoms with Gasteiger partial charge in [0, 0.05) is 26.2 Å². The smallest absolute Gasteiger partial charge is 0.133 e. The Morgan fingerprint density at radius 2 is 1.43 bits per heavy atom. The number of hydrogen-bond donors (Lipinski definition) is 2. The van der Waals surface area contributed by atoms with Crippen LogP contribution in [0.4, 0.5) is 4.39 Å². The van der Waals surface area contributed by atoms with Crippen molar-refractivity contribution in [3.05, 3.63) is 54.1 Å². The standard InChI is InChI=1S/C29H41FN2O3/c1-29(2,30)21-31-15-11-23(12-16-31)20-35-27-9-7-25(8-10-27)24-3-5-26(6-4-24)28(34)32-17-13-22(19-33)14-18-32/h3-10,22-23,28,33-34H,11-21H2,1-2H3. The van der Waals surface area contributed by atoms with Gasteiger partial charge in [0.25, 0.3) is 0 Å². The van der Waals surface area contributed by atoms with E-state index in [1.54, 1.807) is 13.8 Å². The zero-order valence-corrected chi connectivity index (χ0v) is 21.2. The molecule has 2 aliphatic heterocycles. The molecule has 0 aliphatic carbocycles. The second-order valence-corrected chi connectivity index (χ2v) is 10.9. The number of rotatable bonds is 9. The van der Waals surface area contributed by atoms with Gasteiger partial charge in [0.1, 0.15) is 17.6 Å². The zero-order chi connectivity index (χ0) is 24.8. The minimum Gasteiger partial charge on any atom is -0.493 e. The van der Waals surface area contributed by atoms with Crippen LogP contribution in [0.2, 0.25) is 0 Å². The van der Waals surface area contributed by atoms with Crippen LogP contribution in [0.3, 0.4) is 0 Å². The third-order valence-electron chi connectivity index (χ3n) is 7.44. The van der Waals surface area contributed by atoms with Gasteiger partial charge in [-0.2, -0.15) is 0 Å². The van der Waals surface area contributed by atoms with Crippen LogP contribution in [-0.4, -0.2) is 71.6 Å². The largest absolute Gasteiger partial charge is 0.493 e. The molecule has 1 atom stereocenters. The molecule has 0 saturated carbocycles. The highest BCUT2D eigenvalue weighted by molar-refractivity contribution is 5.64. The Balaban J connectivity index is 1.24. The normalized spacial score (nSPS) is 20.1. The summed E-state index contributed by atoms with van der Waals surface area (Å²) in [6, 6.07) is 16.3. The molecule has 2 aromatic rings. The Hall–Kier alpha value is -1.99.